The highest BCUT2D eigenvalue weighted by Gasteiger charge is 2.15. The molecule has 1 aromatic heterocycles. The monoisotopic (exact) mass is 207 g/mol. The van der Waals surface area contributed by atoms with Crippen molar-refractivity contribution >= 4 is 17.4 Å². The van der Waals surface area contributed by atoms with Crippen LogP contribution in [0.4, 0.5) is 11.5 Å². The second kappa shape index (κ2) is 4.29. The van der Waals surface area contributed by atoms with E-state index in [1.807, 2.05) is 20.8 Å². The van der Waals surface area contributed by atoms with Crippen molar-refractivity contribution in [1.29, 1.82) is 0 Å². The number of nitrogens with zero attached hydrogens (tertiary/aromatic N) is 1. The number of carbonyl (C=O) groups excluding carboxylic acids is 1. The summed E-state index contributed by atoms with van der Waals surface area (Å²) in [5, 5.41) is 2.77. The predicted molar refractivity (Wildman–Crippen MR) is 61.4 cm³/mol. The third kappa shape index (κ3) is 4.44. The number of carbonyl (C=O) groups is 1. The Morgan fingerprint density at radius 3 is 2.60 bits per heavy atom. The smallest absolute Gasteiger partial charge is 0.224 e. The van der Waals surface area contributed by atoms with E-state index >= 15 is 0 Å². The van der Waals surface area contributed by atoms with Gasteiger partial charge in [-0.3, -0.25) is 4.79 Å². The number of nitrogens with two attached hydrogens (primary N) is 1. The average molecular weight is 207 g/mol. The molecule has 0 spiro atoms. The van der Waals surface area contributed by atoms with E-state index in [2.05, 4.69) is 10.3 Å². The van der Waals surface area contributed by atoms with E-state index in [0.29, 0.717) is 17.9 Å². The molecule has 0 saturated heterocycles. The van der Waals surface area contributed by atoms with Crippen LogP contribution in [0.1, 0.15) is 27.2 Å². The molecule has 4 heteroatoms. The molecule has 1 aromatic rings. The number of nitrogens with one attached hydrogen (secondary N) is 1. The minimum atomic E-state index is -0.00861. The fourth-order valence-corrected chi connectivity index (χ4v) is 1.17. The van der Waals surface area contributed by atoms with Crippen molar-refractivity contribution in [3.05, 3.63) is 18.3 Å². The lowest BCUT2D eigenvalue weighted by atomic mass is 9.92. The predicted octanol–water partition coefficient (Wildman–Crippen LogP) is 2.04. The Morgan fingerprint density at radius 2 is 2.13 bits per heavy atom. The number of hydrogen-bond acceptors (Lipinski definition) is 3. The van der Waals surface area contributed by atoms with Crippen molar-refractivity contribution in [2.75, 3.05) is 11.1 Å². The Morgan fingerprint density at radius 1 is 1.47 bits per heavy atom. The first kappa shape index (κ1) is 11.5. The summed E-state index contributed by atoms with van der Waals surface area (Å²) in [7, 11) is 0. The molecule has 4 nitrogen and oxygen atoms in total. The van der Waals surface area contributed by atoms with Gasteiger partial charge in [-0.2, -0.15) is 0 Å². The number of nitrogen functional groups attached to an aromatic ring is 1. The molecule has 0 aromatic carbocycles. The van der Waals surface area contributed by atoms with Gasteiger partial charge < -0.3 is 11.1 Å². The topological polar surface area (TPSA) is 68.0 Å². The molecule has 1 heterocycles. The van der Waals surface area contributed by atoms with Crippen LogP contribution in [0.5, 0.6) is 0 Å². The molecule has 1 amide bonds. The zero-order valence-corrected chi connectivity index (χ0v) is 9.37. The van der Waals surface area contributed by atoms with Gasteiger partial charge in [0.25, 0.3) is 0 Å². The van der Waals surface area contributed by atoms with E-state index in [9.17, 15) is 4.79 Å². The summed E-state index contributed by atoms with van der Waals surface area (Å²) >= 11 is 0. The first-order valence-electron chi connectivity index (χ1n) is 4.88. The highest BCUT2D eigenvalue weighted by Crippen LogP contribution is 2.19. The molecular formula is C11H17N3O. The van der Waals surface area contributed by atoms with Gasteiger partial charge in [0.05, 0.1) is 11.9 Å². The maximum atomic E-state index is 11.5. The van der Waals surface area contributed by atoms with Crippen LogP contribution in [0.25, 0.3) is 0 Å². The molecule has 0 aliphatic rings. The van der Waals surface area contributed by atoms with Gasteiger partial charge in [-0.1, -0.05) is 20.8 Å². The summed E-state index contributed by atoms with van der Waals surface area (Å²) in [5.41, 5.74) is 6.11. The largest absolute Gasteiger partial charge is 0.384 e. The summed E-state index contributed by atoms with van der Waals surface area (Å²) in [6, 6.07) is 3.40. The normalized spacial score (nSPS) is 11.1. The molecule has 3 N–H and O–H groups in total. The molecule has 0 bridgehead atoms. The van der Waals surface area contributed by atoms with Gasteiger partial charge >= 0.3 is 0 Å². The van der Waals surface area contributed by atoms with Gasteiger partial charge in [-0.05, 0) is 17.5 Å². The SMILES string of the molecule is CC(C)(C)CC(=O)Nc1ccc(N)nc1. The first-order valence-corrected chi connectivity index (χ1v) is 4.88. The van der Waals surface area contributed by atoms with Gasteiger partial charge in [-0.25, -0.2) is 4.98 Å². The van der Waals surface area contributed by atoms with Crippen molar-refractivity contribution in [3.8, 4) is 0 Å². The molecule has 0 unspecified atom stereocenters. The van der Waals surface area contributed by atoms with Crippen molar-refractivity contribution in [3.63, 3.8) is 0 Å². The second-order valence-corrected chi connectivity index (χ2v) is 4.76. The van der Waals surface area contributed by atoms with Gasteiger partial charge in [0.15, 0.2) is 0 Å². The van der Waals surface area contributed by atoms with E-state index < -0.39 is 0 Å². The van der Waals surface area contributed by atoms with Crippen LogP contribution in [0.2, 0.25) is 0 Å². The summed E-state index contributed by atoms with van der Waals surface area (Å²) in [6.45, 7) is 6.06. The zero-order chi connectivity index (χ0) is 11.5. The van der Waals surface area contributed by atoms with Crippen molar-refractivity contribution in [1.82, 2.24) is 4.98 Å². The molecular weight excluding hydrogens is 190 g/mol. The lowest BCUT2D eigenvalue weighted by molar-refractivity contribution is -0.117. The van der Waals surface area contributed by atoms with Crippen LogP contribution in [0, 0.1) is 5.41 Å². The average Bonchev–Trinajstić information content (AvgIpc) is 2.05. The summed E-state index contributed by atoms with van der Waals surface area (Å²) in [5.74, 6) is 0.442. The standard InChI is InChI=1S/C11H17N3O/c1-11(2,3)6-10(15)14-8-4-5-9(12)13-7-8/h4-5,7H,6H2,1-3H3,(H2,12,13)(H,14,15). The van der Waals surface area contributed by atoms with E-state index in [4.69, 9.17) is 5.73 Å². The molecule has 0 aliphatic heterocycles. The quantitative estimate of drug-likeness (QED) is 0.779. The molecule has 0 atom stereocenters. The van der Waals surface area contributed by atoms with Crippen LogP contribution in [0.15, 0.2) is 18.3 Å². The summed E-state index contributed by atoms with van der Waals surface area (Å²) in [4.78, 5) is 15.4. The number of rotatable bonds is 2. The number of amides is 1. The highest BCUT2D eigenvalue weighted by molar-refractivity contribution is 5.90. The minimum Gasteiger partial charge on any atom is -0.384 e. The number of pyridine rings is 1. The molecule has 0 radical (unpaired) electrons. The Kier molecular flexibility index (Phi) is 3.29. The lowest BCUT2D eigenvalue weighted by Gasteiger charge is -2.17. The number of anilines is 2. The first-order chi connectivity index (χ1) is 6.87. The van der Waals surface area contributed by atoms with E-state index in [-0.39, 0.29) is 11.3 Å². The molecule has 0 saturated carbocycles. The van der Waals surface area contributed by atoms with E-state index in [1.165, 1.54) is 0 Å². The number of aromatic nitrogens is 1. The Hall–Kier alpha value is -1.58. The molecule has 1 rings (SSSR count). The van der Waals surface area contributed by atoms with Gasteiger partial charge in [-0.15, -0.1) is 0 Å². The van der Waals surface area contributed by atoms with Gasteiger partial charge in [0.1, 0.15) is 5.82 Å². The van der Waals surface area contributed by atoms with Crippen LogP contribution < -0.4 is 11.1 Å². The van der Waals surface area contributed by atoms with Crippen molar-refractivity contribution < 1.29 is 4.79 Å². The van der Waals surface area contributed by atoms with Crippen LogP contribution in [-0.4, -0.2) is 10.9 Å². The maximum absolute atomic E-state index is 11.5. The maximum Gasteiger partial charge on any atom is 0.224 e. The molecule has 15 heavy (non-hydrogen) atoms. The lowest BCUT2D eigenvalue weighted by Crippen LogP contribution is -2.19. The van der Waals surface area contributed by atoms with Gasteiger partial charge in [0.2, 0.25) is 5.91 Å². The van der Waals surface area contributed by atoms with Crippen molar-refractivity contribution in [2.24, 2.45) is 5.41 Å². The van der Waals surface area contributed by atoms with Crippen LogP contribution in [0.3, 0.4) is 0 Å². The van der Waals surface area contributed by atoms with Crippen LogP contribution in [-0.2, 0) is 4.79 Å². The Labute approximate surface area is 89.9 Å². The summed E-state index contributed by atoms with van der Waals surface area (Å²) in [6.07, 6.45) is 2.03. The minimum absolute atomic E-state index is 0.00549. The van der Waals surface area contributed by atoms with E-state index in [0.717, 1.165) is 0 Å². The fourth-order valence-electron chi connectivity index (χ4n) is 1.17. The van der Waals surface area contributed by atoms with Crippen molar-refractivity contribution in [2.45, 2.75) is 27.2 Å². The Bertz CT molecular complexity index is 338. The highest BCUT2D eigenvalue weighted by atomic mass is 16.1. The fraction of sp³-hybridized carbons (Fsp3) is 0.455. The summed E-state index contributed by atoms with van der Waals surface area (Å²) < 4.78 is 0. The van der Waals surface area contributed by atoms with E-state index in [1.54, 1.807) is 18.3 Å². The second-order valence-electron chi connectivity index (χ2n) is 4.76. The van der Waals surface area contributed by atoms with Gasteiger partial charge in [0, 0.05) is 6.42 Å². The third-order valence-corrected chi connectivity index (χ3v) is 1.76. The third-order valence-electron chi connectivity index (χ3n) is 1.76. The molecule has 0 fully saturated rings. The molecule has 82 valence electrons. The number of hydrogen-bond donors (Lipinski definition) is 2. The zero-order valence-electron chi connectivity index (χ0n) is 9.37. The Balaban J connectivity index is 2.55. The van der Waals surface area contributed by atoms with Crippen LogP contribution >= 0.6 is 0 Å². The molecule has 0 aliphatic carbocycles.